The molecule has 0 saturated heterocycles. The Bertz CT molecular complexity index is 344. The Hall–Kier alpha value is -1.00. The number of halogens is 1. The third-order valence-corrected chi connectivity index (χ3v) is 2.74. The Labute approximate surface area is 102 Å². The molecule has 0 aliphatic heterocycles. The van der Waals surface area contributed by atoms with Crippen LogP contribution in [0.2, 0.25) is 0 Å². The van der Waals surface area contributed by atoms with Crippen LogP contribution in [0.4, 0.5) is 4.39 Å². The van der Waals surface area contributed by atoms with Crippen LogP contribution in [0.3, 0.4) is 0 Å². The minimum Gasteiger partial charge on any atom is -0.376 e. The van der Waals surface area contributed by atoms with Crippen molar-refractivity contribution in [3.63, 3.8) is 0 Å². The molecule has 17 heavy (non-hydrogen) atoms. The van der Waals surface area contributed by atoms with Gasteiger partial charge in [-0.1, -0.05) is 13.8 Å². The second-order valence-corrected chi connectivity index (χ2v) is 4.37. The third-order valence-electron chi connectivity index (χ3n) is 2.74. The first kappa shape index (κ1) is 14.1. The Morgan fingerprint density at radius 2 is 2.12 bits per heavy atom. The van der Waals surface area contributed by atoms with Crippen LogP contribution in [-0.4, -0.2) is 24.7 Å². The maximum absolute atomic E-state index is 13.2. The van der Waals surface area contributed by atoms with Gasteiger partial charge in [0.05, 0.1) is 18.3 Å². The highest BCUT2D eigenvalue weighted by Crippen LogP contribution is 2.24. The van der Waals surface area contributed by atoms with Gasteiger partial charge >= 0.3 is 0 Å². The summed E-state index contributed by atoms with van der Waals surface area (Å²) in [6.45, 7) is 6.80. The Morgan fingerprint density at radius 1 is 1.41 bits per heavy atom. The van der Waals surface area contributed by atoms with Gasteiger partial charge in [-0.05, 0) is 31.5 Å². The summed E-state index contributed by atoms with van der Waals surface area (Å²) in [6.07, 6.45) is 2.90. The van der Waals surface area contributed by atoms with E-state index in [9.17, 15) is 4.39 Å². The number of aromatic nitrogens is 1. The van der Waals surface area contributed by atoms with Gasteiger partial charge in [0.25, 0.3) is 0 Å². The van der Waals surface area contributed by atoms with Crippen molar-refractivity contribution in [2.45, 2.75) is 32.9 Å². The molecule has 96 valence electrons. The van der Waals surface area contributed by atoms with E-state index in [2.05, 4.69) is 24.1 Å². The van der Waals surface area contributed by atoms with Crippen molar-refractivity contribution >= 4 is 0 Å². The van der Waals surface area contributed by atoms with Gasteiger partial charge in [0, 0.05) is 12.8 Å². The van der Waals surface area contributed by atoms with Crippen LogP contribution in [0, 0.1) is 11.7 Å². The van der Waals surface area contributed by atoms with Crippen LogP contribution in [-0.2, 0) is 4.74 Å². The van der Waals surface area contributed by atoms with Crippen molar-refractivity contribution in [2.24, 2.45) is 5.92 Å². The molecule has 1 aromatic rings. The zero-order valence-corrected chi connectivity index (χ0v) is 10.9. The van der Waals surface area contributed by atoms with Crippen LogP contribution in [0.15, 0.2) is 18.5 Å². The molecule has 0 aromatic carbocycles. The van der Waals surface area contributed by atoms with Crippen molar-refractivity contribution in [1.29, 1.82) is 0 Å². The molecule has 0 bridgehead atoms. The van der Waals surface area contributed by atoms with Crippen LogP contribution >= 0.6 is 0 Å². The molecule has 1 N–H and O–H groups in total. The molecule has 1 heterocycles. The molecular formula is C13H21FN2O. The fourth-order valence-electron chi connectivity index (χ4n) is 1.99. The molecule has 3 nitrogen and oxygen atoms in total. The number of nitrogens with zero attached hydrogens (tertiary/aromatic N) is 1. The van der Waals surface area contributed by atoms with Crippen molar-refractivity contribution in [3.05, 3.63) is 29.8 Å². The van der Waals surface area contributed by atoms with E-state index in [1.807, 2.05) is 14.0 Å². The van der Waals surface area contributed by atoms with Crippen LogP contribution < -0.4 is 5.32 Å². The van der Waals surface area contributed by atoms with E-state index >= 15 is 0 Å². The topological polar surface area (TPSA) is 34.1 Å². The number of rotatable bonds is 6. The summed E-state index contributed by atoms with van der Waals surface area (Å²) in [4.78, 5) is 3.88. The maximum Gasteiger partial charge on any atom is 0.141 e. The van der Waals surface area contributed by atoms with Gasteiger partial charge in [-0.25, -0.2) is 4.39 Å². The molecule has 2 unspecified atom stereocenters. The highest BCUT2D eigenvalue weighted by Gasteiger charge is 2.25. The minimum absolute atomic E-state index is 0.00796. The number of hydrogen-bond acceptors (Lipinski definition) is 3. The molecular weight excluding hydrogens is 219 g/mol. The first-order valence-electron chi connectivity index (χ1n) is 5.99. The van der Waals surface area contributed by atoms with Gasteiger partial charge in [0.1, 0.15) is 5.82 Å². The predicted molar refractivity (Wildman–Crippen MR) is 66.2 cm³/mol. The Balaban J connectivity index is 2.95. The quantitative estimate of drug-likeness (QED) is 0.829. The van der Waals surface area contributed by atoms with Gasteiger partial charge < -0.3 is 10.1 Å². The molecule has 4 heteroatoms. The van der Waals surface area contributed by atoms with E-state index in [0.29, 0.717) is 12.5 Å². The standard InChI is InChI=1S/C13H21FN2O/c1-5-17-13(9(2)3)12(15-4)10-6-11(14)8-16-7-10/h6-9,12-13,15H,5H2,1-4H3. The zero-order chi connectivity index (χ0) is 12.8. The van der Waals surface area contributed by atoms with E-state index in [1.165, 1.54) is 12.3 Å². The first-order valence-corrected chi connectivity index (χ1v) is 5.99. The number of pyridine rings is 1. The van der Waals surface area contributed by atoms with Crippen molar-refractivity contribution in [2.75, 3.05) is 13.7 Å². The highest BCUT2D eigenvalue weighted by molar-refractivity contribution is 5.16. The van der Waals surface area contributed by atoms with Gasteiger partial charge in [-0.3, -0.25) is 4.98 Å². The van der Waals surface area contributed by atoms with Crippen molar-refractivity contribution < 1.29 is 9.13 Å². The molecule has 0 amide bonds. The minimum atomic E-state index is -0.318. The summed E-state index contributed by atoms with van der Waals surface area (Å²) >= 11 is 0. The zero-order valence-electron chi connectivity index (χ0n) is 10.9. The van der Waals surface area contributed by atoms with Crippen molar-refractivity contribution in [1.82, 2.24) is 10.3 Å². The SMILES string of the molecule is CCOC(C(C)C)C(NC)c1cncc(F)c1. The lowest BCUT2D eigenvalue weighted by atomic mass is 9.94. The molecule has 0 saturated carbocycles. The largest absolute Gasteiger partial charge is 0.376 e. The predicted octanol–water partition coefficient (Wildman–Crippen LogP) is 2.54. The van der Waals surface area contributed by atoms with Crippen LogP contribution in [0.5, 0.6) is 0 Å². The van der Waals surface area contributed by atoms with E-state index in [0.717, 1.165) is 5.56 Å². The van der Waals surface area contributed by atoms with Gasteiger partial charge in [-0.15, -0.1) is 0 Å². The smallest absolute Gasteiger partial charge is 0.141 e. The van der Waals surface area contributed by atoms with E-state index in [1.54, 1.807) is 6.20 Å². The average molecular weight is 240 g/mol. The van der Waals surface area contributed by atoms with Crippen LogP contribution in [0.1, 0.15) is 32.4 Å². The summed E-state index contributed by atoms with van der Waals surface area (Å²) in [7, 11) is 1.85. The molecule has 0 spiro atoms. The van der Waals surface area contributed by atoms with E-state index < -0.39 is 0 Å². The van der Waals surface area contributed by atoms with Crippen molar-refractivity contribution in [3.8, 4) is 0 Å². The number of nitrogens with one attached hydrogen (secondary N) is 1. The Kier molecular flexibility index (Phi) is 5.51. The van der Waals surface area contributed by atoms with Crippen LogP contribution in [0.25, 0.3) is 0 Å². The summed E-state index contributed by atoms with van der Waals surface area (Å²) in [5.74, 6) is 0.0254. The van der Waals surface area contributed by atoms with E-state index in [4.69, 9.17) is 4.74 Å². The number of hydrogen-bond donors (Lipinski definition) is 1. The molecule has 0 aliphatic rings. The highest BCUT2D eigenvalue weighted by atomic mass is 19.1. The molecule has 0 radical (unpaired) electrons. The fourth-order valence-corrected chi connectivity index (χ4v) is 1.99. The third kappa shape index (κ3) is 3.75. The number of likely N-dealkylation sites (N-methyl/N-ethyl adjacent to an activating group) is 1. The van der Waals surface area contributed by atoms with Gasteiger partial charge in [0.2, 0.25) is 0 Å². The molecule has 0 aliphatic carbocycles. The second kappa shape index (κ2) is 6.67. The Morgan fingerprint density at radius 3 is 2.59 bits per heavy atom. The van der Waals surface area contributed by atoms with E-state index in [-0.39, 0.29) is 18.0 Å². The lowest BCUT2D eigenvalue weighted by Gasteiger charge is -2.29. The summed E-state index contributed by atoms with van der Waals surface area (Å²) < 4.78 is 18.9. The van der Waals surface area contributed by atoms with Gasteiger partial charge in [-0.2, -0.15) is 0 Å². The average Bonchev–Trinajstić information content (AvgIpc) is 2.29. The lowest BCUT2D eigenvalue weighted by Crippen LogP contribution is -2.35. The summed E-state index contributed by atoms with van der Waals surface area (Å²) in [6, 6.07) is 1.46. The van der Waals surface area contributed by atoms with Gasteiger partial charge in [0.15, 0.2) is 0 Å². The molecule has 2 atom stereocenters. The normalized spacial score (nSPS) is 14.9. The fraction of sp³-hybridized carbons (Fsp3) is 0.615. The first-order chi connectivity index (χ1) is 8.10. The molecule has 1 rings (SSSR count). The second-order valence-electron chi connectivity index (χ2n) is 4.37. The maximum atomic E-state index is 13.2. The number of ether oxygens (including phenoxy) is 1. The monoisotopic (exact) mass is 240 g/mol. The molecule has 0 fully saturated rings. The molecule has 1 aromatic heterocycles. The lowest BCUT2D eigenvalue weighted by molar-refractivity contribution is 0.00447. The summed E-state index contributed by atoms with van der Waals surface area (Å²) in [5.41, 5.74) is 0.819. The summed E-state index contributed by atoms with van der Waals surface area (Å²) in [5, 5.41) is 3.18.